The van der Waals surface area contributed by atoms with Crippen LogP contribution in [0.1, 0.15) is 44.1 Å². The third-order valence-corrected chi connectivity index (χ3v) is 5.92. The maximum atomic E-state index is 6.25. The molecule has 2 aliphatic rings. The number of likely N-dealkylation sites (N-methyl/N-ethyl adjacent to an activating group) is 1. The lowest BCUT2D eigenvalue weighted by atomic mass is 9.73. The molecule has 0 aromatic heterocycles. The zero-order valence-electron chi connectivity index (χ0n) is 13.4. The van der Waals surface area contributed by atoms with Gasteiger partial charge in [-0.05, 0) is 56.6 Å². The van der Waals surface area contributed by atoms with E-state index in [0.29, 0.717) is 0 Å². The topological polar surface area (TPSA) is 29.3 Å². The third kappa shape index (κ3) is 3.49. The molecule has 2 nitrogen and oxygen atoms in total. The molecule has 2 N–H and O–H groups in total. The minimum absolute atomic E-state index is 0.264. The van der Waals surface area contributed by atoms with Crippen molar-refractivity contribution in [3.63, 3.8) is 0 Å². The van der Waals surface area contributed by atoms with Crippen molar-refractivity contribution in [2.75, 3.05) is 20.1 Å². The normalized spacial score (nSPS) is 29.8. The molecule has 0 saturated heterocycles. The maximum Gasteiger partial charge on any atom is 0.0331 e. The fourth-order valence-corrected chi connectivity index (χ4v) is 4.22. The molecular formula is C19H30N2. The number of nitrogens with two attached hydrogens (primary N) is 1. The third-order valence-electron chi connectivity index (χ3n) is 5.92. The van der Waals surface area contributed by atoms with E-state index in [4.69, 9.17) is 5.73 Å². The summed E-state index contributed by atoms with van der Waals surface area (Å²) in [5.41, 5.74) is 7.95. The van der Waals surface area contributed by atoms with E-state index in [0.717, 1.165) is 31.3 Å². The van der Waals surface area contributed by atoms with Gasteiger partial charge in [0.2, 0.25) is 0 Å². The lowest BCUT2D eigenvalue weighted by Crippen LogP contribution is -2.55. The summed E-state index contributed by atoms with van der Waals surface area (Å²) in [5.74, 6) is 1.97. The Morgan fingerprint density at radius 2 is 1.90 bits per heavy atom. The lowest BCUT2D eigenvalue weighted by molar-refractivity contribution is 0.0526. The van der Waals surface area contributed by atoms with Gasteiger partial charge in [-0.15, -0.1) is 0 Å². The van der Waals surface area contributed by atoms with E-state index in [-0.39, 0.29) is 5.54 Å². The van der Waals surface area contributed by atoms with Crippen LogP contribution in [0.15, 0.2) is 30.3 Å². The highest BCUT2D eigenvalue weighted by molar-refractivity contribution is 5.15. The van der Waals surface area contributed by atoms with E-state index in [1.165, 1.54) is 44.1 Å². The molecule has 3 rings (SSSR count). The second-order valence-electron chi connectivity index (χ2n) is 7.28. The van der Waals surface area contributed by atoms with Crippen molar-refractivity contribution < 1.29 is 0 Å². The van der Waals surface area contributed by atoms with Crippen LogP contribution in [0.5, 0.6) is 0 Å². The van der Waals surface area contributed by atoms with Crippen molar-refractivity contribution in [2.45, 2.75) is 50.5 Å². The number of benzene rings is 1. The first-order chi connectivity index (χ1) is 10.2. The van der Waals surface area contributed by atoms with E-state index in [1.807, 2.05) is 0 Å². The number of hydrogen-bond donors (Lipinski definition) is 1. The van der Waals surface area contributed by atoms with Gasteiger partial charge in [0, 0.05) is 18.6 Å². The molecule has 0 bridgehead atoms. The number of hydrogen-bond acceptors (Lipinski definition) is 2. The molecule has 0 heterocycles. The Kier molecular flexibility index (Phi) is 4.66. The van der Waals surface area contributed by atoms with Crippen molar-refractivity contribution >= 4 is 0 Å². The van der Waals surface area contributed by atoms with Gasteiger partial charge in [-0.1, -0.05) is 43.2 Å². The summed E-state index contributed by atoms with van der Waals surface area (Å²) in [6.07, 6.45) is 9.51. The lowest BCUT2D eigenvalue weighted by Gasteiger charge is -2.47. The first-order valence-electron chi connectivity index (χ1n) is 8.69. The zero-order chi connectivity index (χ0) is 14.7. The molecule has 0 spiro atoms. The average Bonchev–Trinajstić information content (AvgIpc) is 3.38. The maximum absolute atomic E-state index is 6.25. The molecule has 1 aromatic rings. The van der Waals surface area contributed by atoms with Gasteiger partial charge < -0.3 is 5.73 Å². The van der Waals surface area contributed by atoms with Crippen molar-refractivity contribution in [1.82, 2.24) is 4.90 Å². The predicted molar refractivity (Wildman–Crippen MR) is 89.2 cm³/mol. The molecule has 0 aliphatic heterocycles. The van der Waals surface area contributed by atoms with Gasteiger partial charge >= 0.3 is 0 Å². The predicted octanol–water partition coefficient (Wildman–Crippen LogP) is 3.46. The zero-order valence-corrected chi connectivity index (χ0v) is 13.4. The molecule has 2 unspecified atom stereocenters. The molecule has 116 valence electrons. The van der Waals surface area contributed by atoms with E-state index >= 15 is 0 Å². The Balaban J connectivity index is 1.61. The molecule has 2 aliphatic carbocycles. The Bertz CT molecular complexity index is 440. The fraction of sp³-hybridized carbons (Fsp3) is 0.684. The molecule has 1 aromatic carbocycles. The monoisotopic (exact) mass is 286 g/mol. The van der Waals surface area contributed by atoms with Crippen molar-refractivity contribution in [3.05, 3.63) is 35.9 Å². The molecular weight excluding hydrogens is 256 g/mol. The second kappa shape index (κ2) is 6.50. The van der Waals surface area contributed by atoms with Gasteiger partial charge in [-0.2, -0.15) is 0 Å². The van der Waals surface area contributed by atoms with Gasteiger partial charge in [0.15, 0.2) is 0 Å². The standard InChI is InChI=1S/C19H30N2/c1-21(13-11-16-6-3-2-4-7-16)19(15-20)12-5-8-18(14-19)17-9-10-17/h2-4,6-7,17-18H,5,8-15,20H2,1H3. The van der Waals surface area contributed by atoms with Crippen LogP contribution >= 0.6 is 0 Å². The highest BCUT2D eigenvalue weighted by Gasteiger charge is 2.43. The molecule has 21 heavy (non-hydrogen) atoms. The van der Waals surface area contributed by atoms with Gasteiger partial charge in [0.1, 0.15) is 0 Å². The molecule has 2 atom stereocenters. The second-order valence-corrected chi connectivity index (χ2v) is 7.28. The fourth-order valence-electron chi connectivity index (χ4n) is 4.22. The molecule has 2 fully saturated rings. The van der Waals surface area contributed by atoms with Gasteiger partial charge in [0.05, 0.1) is 0 Å². The molecule has 0 radical (unpaired) electrons. The summed E-state index contributed by atoms with van der Waals surface area (Å²) in [4.78, 5) is 2.58. The van der Waals surface area contributed by atoms with Gasteiger partial charge in [-0.3, -0.25) is 4.90 Å². The first-order valence-corrected chi connectivity index (χ1v) is 8.69. The Morgan fingerprint density at radius 3 is 2.57 bits per heavy atom. The summed E-state index contributed by atoms with van der Waals surface area (Å²) in [6.45, 7) is 1.94. The van der Waals surface area contributed by atoms with Gasteiger partial charge in [0.25, 0.3) is 0 Å². The first kappa shape index (κ1) is 15.1. The van der Waals surface area contributed by atoms with Crippen LogP contribution in [0, 0.1) is 11.8 Å². The van der Waals surface area contributed by atoms with E-state index in [1.54, 1.807) is 0 Å². The van der Waals surface area contributed by atoms with Crippen LogP contribution < -0.4 is 5.73 Å². The molecule has 2 heteroatoms. The van der Waals surface area contributed by atoms with Crippen LogP contribution in [-0.4, -0.2) is 30.6 Å². The highest BCUT2D eigenvalue weighted by Crippen LogP contribution is 2.47. The summed E-state index contributed by atoms with van der Waals surface area (Å²) in [7, 11) is 2.30. The Labute approximate surface area is 129 Å². The van der Waals surface area contributed by atoms with Crippen LogP contribution in [0.25, 0.3) is 0 Å². The van der Waals surface area contributed by atoms with E-state index < -0.39 is 0 Å². The largest absolute Gasteiger partial charge is 0.329 e. The minimum atomic E-state index is 0.264. The summed E-state index contributed by atoms with van der Waals surface area (Å²) < 4.78 is 0. The Hall–Kier alpha value is -0.860. The summed E-state index contributed by atoms with van der Waals surface area (Å²) >= 11 is 0. The highest BCUT2D eigenvalue weighted by atomic mass is 15.2. The van der Waals surface area contributed by atoms with Crippen LogP contribution in [0.2, 0.25) is 0 Å². The quantitative estimate of drug-likeness (QED) is 0.868. The SMILES string of the molecule is CN(CCc1ccccc1)C1(CN)CCCC(C2CC2)C1. The van der Waals surface area contributed by atoms with E-state index in [2.05, 4.69) is 42.3 Å². The molecule has 0 amide bonds. The smallest absolute Gasteiger partial charge is 0.0331 e. The Morgan fingerprint density at radius 1 is 1.14 bits per heavy atom. The number of nitrogens with zero attached hydrogens (tertiary/aromatic N) is 1. The summed E-state index contributed by atoms with van der Waals surface area (Å²) in [5, 5.41) is 0. The van der Waals surface area contributed by atoms with Crippen molar-refractivity contribution in [2.24, 2.45) is 17.6 Å². The number of rotatable bonds is 6. The van der Waals surface area contributed by atoms with Crippen LogP contribution in [-0.2, 0) is 6.42 Å². The van der Waals surface area contributed by atoms with Gasteiger partial charge in [-0.25, -0.2) is 0 Å². The van der Waals surface area contributed by atoms with Crippen LogP contribution in [0.4, 0.5) is 0 Å². The molecule has 2 saturated carbocycles. The van der Waals surface area contributed by atoms with Crippen molar-refractivity contribution in [3.8, 4) is 0 Å². The van der Waals surface area contributed by atoms with Crippen molar-refractivity contribution in [1.29, 1.82) is 0 Å². The van der Waals surface area contributed by atoms with Crippen LogP contribution in [0.3, 0.4) is 0 Å². The van der Waals surface area contributed by atoms with E-state index in [9.17, 15) is 0 Å². The summed E-state index contributed by atoms with van der Waals surface area (Å²) in [6, 6.07) is 10.8. The average molecular weight is 286 g/mol. The minimum Gasteiger partial charge on any atom is -0.329 e.